The largest absolute Gasteiger partial charge is 0.467 e. The third-order valence-corrected chi connectivity index (χ3v) is 3.96. The number of amides is 1. The number of esters is 1. The van der Waals surface area contributed by atoms with Crippen LogP contribution < -0.4 is 5.73 Å². The molecule has 6 heteroatoms. The predicted octanol–water partition coefficient (Wildman–Crippen LogP) is 1.81. The van der Waals surface area contributed by atoms with Crippen molar-refractivity contribution in [1.82, 2.24) is 4.90 Å². The van der Waals surface area contributed by atoms with Crippen molar-refractivity contribution in [3.63, 3.8) is 0 Å². The first-order valence-electron chi connectivity index (χ1n) is 5.99. The van der Waals surface area contributed by atoms with Crippen LogP contribution in [0.15, 0.2) is 22.7 Å². The molecular formula is C13H15BrN2O3. The third-order valence-electron chi connectivity index (χ3n) is 3.27. The van der Waals surface area contributed by atoms with Gasteiger partial charge in [0.1, 0.15) is 6.04 Å². The van der Waals surface area contributed by atoms with Crippen molar-refractivity contribution in [3.05, 3.63) is 28.2 Å². The Hall–Kier alpha value is -1.56. The number of anilines is 1. The second kappa shape index (κ2) is 5.61. The highest BCUT2D eigenvalue weighted by atomic mass is 79.9. The molecule has 0 saturated carbocycles. The summed E-state index contributed by atoms with van der Waals surface area (Å²) >= 11 is 3.29. The Kier molecular flexibility index (Phi) is 4.09. The van der Waals surface area contributed by atoms with Gasteiger partial charge in [-0.25, -0.2) is 4.79 Å². The van der Waals surface area contributed by atoms with Crippen molar-refractivity contribution in [1.29, 1.82) is 0 Å². The molecule has 2 rings (SSSR count). The molecule has 0 aromatic heterocycles. The second-order valence-electron chi connectivity index (χ2n) is 4.38. The summed E-state index contributed by atoms with van der Waals surface area (Å²) in [4.78, 5) is 25.7. The van der Waals surface area contributed by atoms with Gasteiger partial charge in [0, 0.05) is 11.0 Å². The van der Waals surface area contributed by atoms with Crippen molar-refractivity contribution in [2.24, 2.45) is 0 Å². The molecule has 1 aliphatic heterocycles. The van der Waals surface area contributed by atoms with Gasteiger partial charge < -0.3 is 15.4 Å². The molecule has 102 valence electrons. The van der Waals surface area contributed by atoms with Crippen molar-refractivity contribution in [2.75, 3.05) is 19.4 Å². The molecule has 1 aromatic rings. The minimum absolute atomic E-state index is 0.230. The highest BCUT2D eigenvalue weighted by Gasteiger charge is 2.35. The van der Waals surface area contributed by atoms with Gasteiger partial charge in [-0.1, -0.05) is 6.07 Å². The molecule has 19 heavy (non-hydrogen) atoms. The first-order valence-corrected chi connectivity index (χ1v) is 6.78. The zero-order valence-corrected chi connectivity index (χ0v) is 12.1. The summed E-state index contributed by atoms with van der Waals surface area (Å²) in [6.07, 6.45) is 1.42. The van der Waals surface area contributed by atoms with Crippen LogP contribution in [0.4, 0.5) is 5.69 Å². The first kappa shape index (κ1) is 13.9. The number of methoxy groups -OCH3 is 1. The Morgan fingerprint density at radius 1 is 1.47 bits per heavy atom. The van der Waals surface area contributed by atoms with Gasteiger partial charge >= 0.3 is 5.97 Å². The molecule has 0 bridgehead atoms. The number of carbonyl (C=O) groups excluding carboxylic acids is 2. The lowest BCUT2D eigenvalue weighted by Crippen LogP contribution is -2.41. The van der Waals surface area contributed by atoms with E-state index in [2.05, 4.69) is 15.9 Å². The number of hydrogen-bond acceptors (Lipinski definition) is 4. The number of rotatable bonds is 2. The molecule has 5 nitrogen and oxygen atoms in total. The fourth-order valence-electron chi connectivity index (χ4n) is 2.27. The van der Waals surface area contributed by atoms with Gasteiger partial charge in [-0.2, -0.15) is 0 Å². The lowest BCUT2D eigenvalue weighted by molar-refractivity contribution is -0.145. The third kappa shape index (κ3) is 2.58. The number of hydrogen-bond donors (Lipinski definition) is 1. The van der Waals surface area contributed by atoms with Gasteiger partial charge in [-0.05, 0) is 40.9 Å². The molecule has 1 fully saturated rings. The van der Waals surface area contributed by atoms with Gasteiger partial charge in [0.15, 0.2) is 0 Å². The quantitative estimate of drug-likeness (QED) is 0.664. The lowest BCUT2D eigenvalue weighted by atomic mass is 10.1. The SMILES string of the molecule is COC(=O)C1CCCN1C(=O)c1cccc(Br)c1N. The van der Waals surface area contributed by atoms with E-state index in [1.54, 1.807) is 18.2 Å². The van der Waals surface area contributed by atoms with E-state index < -0.39 is 6.04 Å². The number of nitrogen functional groups attached to an aromatic ring is 1. The maximum atomic E-state index is 12.5. The average molecular weight is 327 g/mol. The van der Waals surface area contributed by atoms with Crippen molar-refractivity contribution < 1.29 is 14.3 Å². The number of nitrogens with zero attached hydrogens (tertiary/aromatic N) is 1. The smallest absolute Gasteiger partial charge is 0.328 e. The molecule has 1 saturated heterocycles. The van der Waals surface area contributed by atoms with Crippen LogP contribution in [0, 0.1) is 0 Å². The van der Waals surface area contributed by atoms with Crippen LogP contribution in [-0.2, 0) is 9.53 Å². The highest BCUT2D eigenvalue weighted by molar-refractivity contribution is 9.10. The molecule has 0 radical (unpaired) electrons. The monoisotopic (exact) mass is 326 g/mol. The Balaban J connectivity index is 2.28. The second-order valence-corrected chi connectivity index (χ2v) is 5.24. The highest BCUT2D eigenvalue weighted by Crippen LogP contribution is 2.27. The number of likely N-dealkylation sites (tertiary alicyclic amines) is 1. The van der Waals surface area contributed by atoms with E-state index in [9.17, 15) is 9.59 Å². The minimum atomic E-state index is -0.504. The van der Waals surface area contributed by atoms with Crippen LogP contribution in [-0.4, -0.2) is 36.5 Å². The van der Waals surface area contributed by atoms with Crippen LogP contribution in [0.25, 0.3) is 0 Å². The summed E-state index contributed by atoms with van der Waals surface area (Å²) < 4.78 is 5.40. The van der Waals surface area contributed by atoms with E-state index in [1.807, 2.05) is 0 Å². The molecule has 1 heterocycles. The molecule has 1 atom stereocenters. The maximum Gasteiger partial charge on any atom is 0.328 e. The first-order chi connectivity index (χ1) is 9.06. The molecule has 0 aliphatic carbocycles. The van der Waals surface area contributed by atoms with E-state index >= 15 is 0 Å². The van der Waals surface area contributed by atoms with E-state index in [0.29, 0.717) is 28.7 Å². The molecule has 1 amide bonds. The number of para-hydroxylation sites is 1. The van der Waals surface area contributed by atoms with Crippen LogP contribution in [0.3, 0.4) is 0 Å². The summed E-state index contributed by atoms with van der Waals surface area (Å²) in [5.41, 5.74) is 6.69. The summed E-state index contributed by atoms with van der Waals surface area (Å²) in [7, 11) is 1.33. The van der Waals surface area contributed by atoms with Crippen LogP contribution in [0.1, 0.15) is 23.2 Å². The van der Waals surface area contributed by atoms with Crippen molar-refractivity contribution in [2.45, 2.75) is 18.9 Å². The van der Waals surface area contributed by atoms with E-state index in [0.717, 1.165) is 6.42 Å². The Labute approximate surface area is 119 Å². The summed E-state index contributed by atoms with van der Waals surface area (Å²) in [6.45, 7) is 0.546. The number of nitrogens with two attached hydrogens (primary N) is 1. The Morgan fingerprint density at radius 3 is 2.89 bits per heavy atom. The predicted molar refractivity (Wildman–Crippen MR) is 74.6 cm³/mol. The van der Waals surface area contributed by atoms with Crippen LogP contribution >= 0.6 is 15.9 Å². The summed E-state index contributed by atoms with van der Waals surface area (Å²) in [5, 5.41) is 0. The Morgan fingerprint density at radius 2 is 2.21 bits per heavy atom. The lowest BCUT2D eigenvalue weighted by Gasteiger charge is -2.23. The molecule has 1 aliphatic rings. The van der Waals surface area contributed by atoms with Gasteiger partial charge in [-0.3, -0.25) is 4.79 Å². The van der Waals surface area contributed by atoms with Crippen molar-refractivity contribution >= 4 is 33.5 Å². The zero-order chi connectivity index (χ0) is 14.0. The van der Waals surface area contributed by atoms with Gasteiger partial charge in [-0.15, -0.1) is 0 Å². The summed E-state index contributed by atoms with van der Waals surface area (Å²) in [6, 6.07) is 4.68. The molecule has 0 spiro atoms. The molecule has 1 unspecified atom stereocenters. The maximum absolute atomic E-state index is 12.5. The summed E-state index contributed by atoms with van der Waals surface area (Å²) in [5.74, 6) is -0.605. The topological polar surface area (TPSA) is 72.6 Å². The number of carbonyl (C=O) groups is 2. The van der Waals surface area contributed by atoms with E-state index in [4.69, 9.17) is 10.5 Å². The minimum Gasteiger partial charge on any atom is -0.467 e. The van der Waals surface area contributed by atoms with Gasteiger partial charge in [0.25, 0.3) is 5.91 Å². The standard InChI is InChI=1S/C13H15BrN2O3/c1-19-13(18)10-6-3-7-16(10)12(17)8-4-2-5-9(14)11(8)15/h2,4-5,10H,3,6-7,15H2,1H3. The zero-order valence-electron chi connectivity index (χ0n) is 10.6. The fourth-order valence-corrected chi connectivity index (χ4v) is 2.64. The van der Waals surface area contributed by atoms with E-state index in [-0.39, 0.29) is 11.9 Å². The number of ether oxygens (including phenoxy) is 1. The van der Waals surface area contributed by atoms with E-state index in [1.165, 1.54) is 12.0 Å². The number of benzene rings is 1. The molecule has 1 aromatic carbocycles. The van der Waals surface area contributed by atoms with Crippen LogP contribution in [0.5, 0.6) is 0 Å². The van der Waals surface area contributed by atoms with Gasteiger partial charge in [0.05, 0.1) is 18.4 Å². The average Bonchev–Trinajstić information content (AvgIpc) is 2.89. The van der Waals surface area contributed by atoms with Crippen LogP contribution in [0.2, 0.25) is 0 Å². The fraction of sp³-hybridized carbons (Fsp3) is 0.385. The van der Waals surface area contributed by atoms with Crippen molar-refractivity contribution in [3.8, 4) is 0 Å². The number of halogens is 1. The normalized spacial score (nSPS) is 18.4. The van der Waals surface area contributed by atoms with Gasteiger partial charge in [0.2, 0.25) is 0 Å². The molecular weight excluding hydrogens is 312 g/mol. The Bertz CT molecular complexity index is 519. The molecule has 2 N–H and O–H groups in total.